The van der Waals surface area contributed by atoms with E-state index in [0.29, 0.717) is 5.82 Å². The lowest BCUT2D eigenvalue weighted by atomic mass is 9.89. The Labute approximate surface area is 117 Å². The lowest BCUT2D eigenvalue weighted by Gasteiger charge is -2.19. The van der Waals surface area contributed by atoms with Gasteiger partial charge in [0.2, 0.25) is 5.91 Å². The SMILES string of the molecule is O=C(Nc1cc(-c2ccncc2)[nH]n1)C1CCCCC1. The second kappa shape index (κ2) is 5.86. The van der Waals surface area contributed by atoms with Crippen molar-refractivity contribution in [2.24, 2.45) is 5.92 Å². The molecule has 2 N–H and O–H groups in total. The minimum absolute atomic E-state index is 0.0949. The molecule has 0 unspecified atom stereocenters. The minimum atomic E-state index is 0.0949. The third-order valence-corrected chi connectivity index (χ3v) is 3.80. The molecule has 3 rings (SSSR count). The molecule has 0 aliphatic heterocycles. The highest BCUT2D eigenvalue weighted by atomic mass is 16.1. The van der Waals surface area contributed by atoms with E-state index in [9.17, 15) is 4.79 Å². The zero-order valence-corrected chi connectivity index (χ0v) is 11.3. The zero-order valence-electron chi connectivity index (χ0n) is 11.3. The van der Waals surface area contributed by atoms with Crippen LogP contribution in [-0.2, 0) is 4.79 Å². The van der Waals surface area contributed by atoms with Crippen LogP contribution >= 0.6 is 0 Å². The maximum absolute atomic E-state index is 12.1. The van der Waals surface area contributed by atoms with Gasteiger partial charge in [-0.1, -0.05) is 19.3 Å². The first-order valence-electron chi connectivity index (χ1n) is 7.09. The van der Waals surface area contributed by atoms with Crippen LogP contribution in [0.5, 0.6) is 0 Å². The molecular weight excluding hydrogens is 252 g/mol. The zero-order chi connectivity index (χ0) is 13.8. The van der Waals surface area contributed by atoms with Crippen LogP contribution in [-0.4, -0.2) is 21.1 Å². The van der Waals surface area contributed by atoms with Crippen molar-refractivity contribution in [3.05, 3.63) is 30.6 Å². The van der Waals surface area contributed by atoms with Gasteiger partial charge in [-0.3, -0.25) is 14.9 Å². The Kier molecular flexibility index (Phi) is 3.76. The molecule has 2 aromatic heterocycles. The summed E-state index contributed by atoms with van der Waals surface area (Å²) in [5.74, 6) is 0.828. The summed E-state index contributed by atoms with van der Waals surface area (Å²) < 4.78 is 0. The molecule has 0 bridgehead atoms. The standard InChI is InChI=1S/C15H18N4O/c20-15(12-4-2-1-3-5-12)17-14-10-13(18-19-14)11-6-8-16-9-7-11/h6-10,12H,1-5H2,(H2,17,18,19,20). The first-order chi connectivity index (χ1) is 9.83. The molecule has 0 radical (unpaired) electrons. The van der Waals surface area contributed by atoms with Gasteiger partial charge < -0.3 is 5.32 Å². The summed E-state index contributed by atoms with van der Waals surface area (Å²) in [4.78, 5) is 16.1. The molecule has 1 saturated carbocycles. The largest absolute Gasteiger partial charge is 0.309 e. The summed E-state index contributed by atoms with van der Waals surface area (Å²) in [5, 5.41) is 9.99. The van der Waals surface area contributed by atoms with Gasteiger partial charge in [-0.15, -0.1) is 0 Å². The van der Waals surface area contributed by atoms with E-state index in [4.69, 9.17) is 0 Å². The second-order valence-corrected chi connectivity index (χ2v) is 5.23. The number of nitrogens with one attached hydrogen (secondary N) is 2. The molecule has 5 heteroatoms. The summed E-state index contributed by atoms with van der Waals surface area (Å²) >= 11 is 0. The first-order valence-corrected chi connectivity index (χ1v) is 7.09. The first kappa shape index (κ1) is 12.8. The van der Waals surface area contributed by atoms with Crippen molar-refractivity contribution in [1.82, 2.24) is 15.2 Å². The summed E-state index contributed by atoms with van der Waals surface area (Å²) in [5.41, 5.74) is 1.89. The van der Waals surface area contributed by atoms with Crippen molar-refractivity contribution in [1.29, 1.82) is 0 Å². The highest BCUT2D eigenvalue weighted by molar-refractivity contribution is 5.92. The fourth-order valence-electron chi connectivity index (χ4n) is 2.66. The Morgan fingerprint density at radius 3 is 2.70 bits per heavy atom. The maximum Gasteiger partial charge on any atom is 0.228 e. The lowest BCUT2D eigenvalue weighted by Crippen LogP contribution is -2.24. The number of pyridine rings is 1. The number of aromatic amines is 1. The van der Waals surface area contributed by atoms with E-state index in [1.807, 2.05) is 18.2 Å². The third-order valence-electron chi connectivity index (χ3n) is 3.80. The molecule has 1 aliphatic rings. The summed E-state index contributed by atoms with van der Waals surface area (Å²) in [6, 6.07) is 5.66. The number of hydrogen-bond acceptors (Lipinski definition) is 3. The highest BCUT2D eigenvalue weighted by Gasteiger charge is 2.21. The van der Waals surface area contributed by atoms with Crippen molar-refractivity contribution in [2.75, 3.05) is 5.32 Å². The Morgan fingerprint density at radius 2 is 1.95 bits per heavy atom. The molecule has 0 saturated heterocycles. The van der Waals surface area contributed by atoms with Crippen LogP contribution < -0.4 is 5.32 Å². The predicted molar refractivity (Wildman–Crippen MR) is 77.0 cm³/mol. The van der Waals surface area contributed by atoms with Crippen molar-refractivity contribution < 1.29 is 4.79 Å². The van der Waals surface area contributed by atoms with E-state index in [2.05, 4.69) is 20.5 Å². The van der Waals surface area contributed by atoms with Crippen molar-refractivity contribution in [3.63, 3.8) is 0 Å². The van der Waals surface area contributed by atoms with Gasteiger partial charge in [-0.05, 0) is 25.0 Å². The number of anilines is 1. The van der Waals surface area contributed by atoms with E-state index >= 15 is 0 Å². The molecule has 2 heterocycles. The van der Waals surface area contributed by atoms with E-state index in [0.717, 1.165) is 36.9 Å². The number of H-pyrrole nitrogens is 1. The summed E-state index contributed by atoms with van der Waals surface area (Å²) in [6.07, 6.45) is 9.01. The molecule has 1 aliphatic carbocycles. The van der Waals surface area contributed by atoms with E-state index in [1.165, 1.54) is 6.42 Å². The van der Waals surface area contributed by atoms with Gasteiger partial charge in [-0.25, -0.2) is 0 Å². The van der Waals surface area contributed by atoms with Crippen molar-refractivity contribution in [3.8, 4) is 11.3 Å². The van der Waals surface area contributed by atoms with Crippen LogP contribution in [0.1, 0.15) is 32.1 Å². The number of aromatic nitrogens is 3. The second-order valence-electron chi connectivity index (χ2n) is 5.23. The van der Waals surface area contributed by atoms with Crippen LogP contribution in [0.2, 0.25) is 0 Å². The van der Waals surface area contributed by atoms with Gasteiger partial charge in [-0.2, -0.15) is 5.10 Å². The maximum atomic E-state index is 12.1. The molecule has 0 aromatic carbocycles. The summed E-state index contributed by atoms with van der Waals surface area (Å²) in [7, 11) is 0. The summed E-state index contributed by atoms with van der Waals surface area (Å²) in [6.45, 7) is 0. The number of rotatable bonds is 3. The number of amides is 1. The molecule has 5 nitrogen and oxygen atoms in total. The van der Waals surface area contributed by atoms with Gasteiger partial charge in [0.05, 0.1) is 5.69 Å². The average molecular weight is 270 g/mol. The Balaban J connectivity index is 1.66. The van der Waals surface area contributed by atoms with Crippen LogP contribution in [0.3, 0.4) is 0 Å². The Morgan fingerprint density at radius 1 is 1.20 bits per heavy atom. The van der Waals surface area contributed by atoms with Gasteiger partial charge in [0.15, 0.2) is 5.82 Å². The van der Waals surface area contributed by atoms with Crippen molar-refractivity contribution in [2.45, 2.75) is 32.1 Å². The van der Waals surface area contributed by atoms with Gasteiger partial charge in [0.1, 0.15) is 0 Å². The van der Waals surface area contributed by atoms with Gasteiger partial charge in [0.25, 0.3) is 0 Å². The van der Waals surface area contributed by atoms with E-state index in [-0.39, 0.29) is 11.8 Å². The predicted octanol–water partition coefficient (Wildman–Crippen LogP) is 2.99. The number of hydrogen-bond donors (Lipinski definition) is 2. The van der Waals surface area contributed by atoms with E-state index < -0.39 is 0 Å². The molecule has 20 heavy (non-hydrogen) atoms. The molecule has 2 aromatic rings. The lowest BCUT2D eigenvalue weighted by molar-refractivity contribution is -0.120. The number of carbonyl (C=O) groups is 1. The van der Waals surface area contributed by atoms with Gasteiger partial charge in [0, 0.05) is 29.9 Å². The molecule has 0 spiro atoms. The van der Waals surface area contributed by atoms with Crippen LogP contribution in [0.4, 0.5) is 5.82 Å². The molecule has 1 amide bonds. The third kappa shape index (κ3) is 2.87. The monoisotopic (exact) mass is 270 g/mol. The van der Waals surface area contributed by atoms with Crippen LogP contribution in [0, 0.1) is 5.92 Å². The minimum Gasteiger partial charge on any atom is -0.309 e. The van der Waals surface area contributed by atoms with Crippen molar-refractivity contribution >= 4 is 11.7 Å². The molecule has 1 fully saturated rings. The van der Waals surface area contributed by atoms with Gasteiger partial charge >= 0.3 is 0 Å². The van der Waals surface area contributed by atoms with Crippen LogP contribution in [0.25, 0.3) is 11.3 Å². The quantitative estimate of drug-likeness (QED) is 0.900. The smallest absolute Gasteiger partial charge is 0.228 e. The normalized spacial score (nSPS) is 16.0. The molecule has 104 valence electrons. The van der Waals surface area contributed by atoms with Crippen LogP contribution in [0.15, 0.2) is 30.6 Å². The topological polar surface area (TPSA) is 70.7 Å². The average Bonchev–Trinajstić information content (AvgIpc) is 2.97. The van der Waals surface area contributed by atoms with E-state index in [1.54, 1.807) is 12.4 Å². The Hall–Kier alpha value is -2.17. The fraction of sp³-hybridized carbons (Fsp3) is 0.400. The number of nitrogens with zero attached hydrogens (tertiary/aromatic N) is 2. The fourth-order valence-corrected chi connectivity index (χ4v) is 2.66. The number of carbonyl (C=O) groups excluding carboxylic acids is 1. The molecule has 0 atom stereocenters. The highest BCUT2D eigenvalue weighted by Crippen LogP contribution is 2.25. The Bertz CT molecular complexity index is 573. The molecular formula is C15H18N4O.